The number of aromatic nitrogens is 7. The predicted molar refractivity (Wildman–Crippen MR) is 92.3 cm³/mol. The highest BCUT2D eigenvalue weighted by Crippen LogP contribution is 2.35. The van der Waals surface area contributed by atoms with Crippen molar-refractivity contribution in [1.29, 1.82) is 0 Å². The van der Waals surface area contributed by atoms with Crippen molar-refractivity contribution in [2.75, 3.05) is 5.32 Å². The number of benzene rings is 1. The predicted octanol–water partition coefficient (Wildman–Crippen LogP) is 2.35. The average molecular weight is 332 g/mol. The van der Waals surface area contributed by atoms with Gasteiger partial charge in [-0.2, -0.15) is 5.10 Å². The van der Waals surface area contributed by atoms with Crippen LogP contribution in [0.1, 0.15) is 24.7 Å². The van der Waals surface area contributed by atoms with Crippen LogP contribution >= 0.6 is 0 Å². The molecule has 124 valence electrons. The lowest BCUT2D eigenvalue weighted by atomic mass is 10.3. The molecule has 3 heterocycles. The molecule has 8 heteroatoms. The monoisotopic (exact) mass is 332 g/mol. The molecule has 1 fully saturated rings. The first-order valence-corrected chi connectivity index (χ1v) is 8.26. The van der Waals surface area contributed by atoms with E-state index in [1.165, 1.54) is 12.8 Å². The van der Waals surface area contributed by atoms with Crippen LogP contribution in [-0.4, -0.2) is 34.5 Å². The molecule has 0 aliphatic heterocycles. The lowest BCUT2D eigenvalue weighted by Gasteiger charge is -2.08. The minimum absolute atomic E-state index is 0.554. The van der Waals surface area contributed by atoms with Crippen molar-refractivity contribution in [3.8, 4) is 5.69 Å². The molecule has 1 saturated carbocycles. The summed E-state index contributed by atoms with van der Waals surface area (Å²) in [5.41, 5.74) is 1.74. The smallest absolute Gasteiger partial charge is 0.168 e. The molecule has 1 aliphatic carbocycles. The summed E-state index contributed by atoms with van der Waals surface area (Å²) in [5.74, 6) is 1.67. The van der Waals surface area contributed by atoms with Crippen LogP contribution in [0.15, 0.2) is 49.2 Å². The van der Waals surface area contributed by atoms with Crippen LogP contribution in [-0.2, 0) is 6.54 Å². The van der Waals surface area contributed by atoms with Crippen LogP contribution in [0.5, 0.6) is 0 Å². The standard InChI is InChI=1S/C17H16N8/c1-2-4-13(5-3-1)25-17-14(8-22-25)16(19-10-20-17)18-9-15-23-21-11-24(15)12-6-7-12/h1-5,8,10-12H,6-7,9H2,(H,18,19,20). The van der Waals surface area contributed by atoms with Gasteiger partial charge in [0, 0.05) is 6.04 Å². The van der Waals surface area contributed by atoms with Gasteiger partial charge in [-0.3, -0.25) is 0 Å². The van der Waals surface area contributed by atoms with Gasteiger partial charge in [0.2, 0.25) is 0 Å². The van der Waals surface area contributed by atoms with E-state index in [0.717, 1.165) is 28.4 Å². The number of para-hydroxylation sites is 1. The second kappa shape index (κ2) is 5.66. The molecule has 0 atom stereocenters. The number of hydrogen-bond acceptors (Lipinski definition) is 6. The van der Waals surface area contributed by atoms with Crippen LogP contribution in [0.25, 0.3) is 16.7 Å². The molecule has 0 spiro atoms. The maximum absolute atomic E-state index is 4.47. The molecule has 4 aromatic rings. The first kappa shape index (κ1) is 14.1. The molecule has 25 heavy (non-hydrogen) atoms. The second-order valence-electron chi connectivity index (χ2n) is 6.09. The first-order chi connectivity index (χ1) is 12.4. The van der Waals surface area contributed by atoms with E-state index >= 15 is 0 Å². The zero-order valence-corrected chi connectivity index (χ0v) is 13.4. The summed E-state index contributed by atoms with van der Waals surface area (Å²) in [6.45, 7) is 0.569. The molecule has 0 amide bonds. The number of nitrogens with zero attached hydrogens (tertiary/aromatic N) is 7. The molecular weight excluding hydrogens is 316 g/mol. The summed E-state index contributed by atoms with van der Waals surface area (Å²) in [6.07, 6.45) is 7.55. The largest absolute Gasteiger partial charge is 0.362 e. The van der Waals surface area contributed by atoms with E-state index in [1.807, 2.05) is 35.0 Å². The van der Waals surface area contributed by atoms with Gasteiger partial charge < -0.3 is 9.88 Å². The number of rotatable bonds is 5. The Morgan fingerprint density at radius 2 is 2.00 bits per heavy atom. The molecule has 0 saturated heterocycles. The maximum atomic E-state index is 4.47. The van der Waals surface area contributed by atoms with E-state index < -0.39 is 0 Å². The van der Waals surface area contributed by atoms with Gasteiger partial charge in [-0.05, 0) is 25.0 Å². The van der Waals surface area contributed by atoms with Crippen molar-refractivity contribution < 1.29 is 0 Å². The maximum Gasteiger partial charge on any atom is 0.168 e. The van der Waals surface area contributed by atoms with Gasteiger partial charge in [0.05, 0.1) is 23.8 Å². The normalized spacial score (nSPS) is 14.1. The van der Waals surface area contributed by atoms with Crippen molar-refractivity contribution in [1.82, 2.24) is 34.5 Å². The zero-order chi connectivity index (χ0) is 16.6. The third-order valence-electron chi connectivity index (χ3n) is 4.37. The van der Waals surface area contributed by atoms with Crippen LogP contribution in [0.4, 0.5) is 5.82 Å². The summed E-state index contributed by atoms with van der Waals surface area (Å²) in [6, 6.07) is 10.5. The Bertz CT molecular complexity index is 1020. The molecule has 0 bridgehead atoms. The lowest BCUT2D eigenvalue weighted by molar-refractivity contribution is 0.689. The van der Waals surface area contributed by atoms with E-state index in [0.29, 0.717) is 12.6 Å². The highest BCUT2D eigenvalue weighted by atomic mass is 15.3. The summed E-state index contributed by atoms with van der Waals surface area (Å²) < 4.78 is 3.95. The fraction of sp³-hybridized carbons (Fsp3) is 0.235. The molecule has 3 aromatic heterocycles. The number of anilines is 1. The average Bonchev–Trinajstić information content (AvgIpc) is 3.23. The zero-order valence-electron chi connectivity index (χ0n) is 13.4. The minimum Gasteiger partial charge on any atom is -0.362 e. The molecular formula is C17H16N8. The highest BCUT2D eigenvalue weighted by molar-refractivity contribution is 5.87. The van der Waals surface area contributed by atoms with E-state index in [9.17, 15) is 0 Å². The molecule has 1 aromatic carbocycles. The number of hydrogen-bond donors (Lipinski definition) is 1. The first-order valence-electron chi connectivity index (χ1n) is 8.26. The molecule has 1 N–H and O–H groups in total. The van der Waals surface area contributed by atoms with Gasteiger partial charge in [0.15, 0.2) is 11.5 Å². The molecule has 5 rings (SSSR count). The molecule has 8 nitrogen and oxygen atoms in total. The van der Waals surface area contributed by atoms with Crippen molar-refractivity contribution in [3.05, 3.63) is 55.0 Å². The van der Waals surface area contributed by atoms with Crippen molar-refractivity contribution in [3.63, 3.8) is 0 Å². The number of nitrogens with one attached hydrogen (secondary N) is 1. The Kier molecular flexibility index (Phi) is 3.19. The highest BCUT2D eigenvalue weighted by Gasteiger charge is 2.26. The molecule has 0 unspecified atom stereocenters. The van der Waals surface area contributed by atoms with Crippen LogP contribution in [0.3, 0.4) is 0 Å². The Balaban J connectivity index is 1.46. The van der Waals surface area contributed by atoms with E-state index in [4.69, 9.17) is 0 Å². The SMILES string of the molecule is c1ccc(-n2ncc3c(NCc4nncn4C4CC4)ncnc32)cc1. The summed E-state index contributed by atoms with van der Waals surface area (Å²) in [7, 11) is 0. The Morgan fingerprint density at radius 1 is 1.12 bits per heavy atom. The molecule has 0 radical (unpaired) electrons. The van der Waals surface area contributed by atoms with Crippen molar-refractivity contribution in [2.24, 2.45) is 0 Å². The third-order valence-corrected chi connectivity index (χ3v) is 4.37. The van der Waals surface area contributed by atoms with Gasteiger partial charge in [-0.15, -0.1) is 10.2 Å². The van der Waals surface area contributed by atoms with Gasteiger partial charge in [-0.1, -0.05) is 18.2 Å². The Labute approximate surface area is 143 Å². The van der Waals surface area contributed by atoms with Gasteiger partial charge in [-0.25, -0.2) is 14.6 Å². The lowest BCUT2D eigenvalue weighted by Crippen LogP contribution is -2.09. The van der Waals surface area contributed by atoms with Gasteiger partial charge in [0.25, 0.3) is 0 Å². The number of fused-ring (bicyclic) bond motifs is 1. The van der Waals surface area contributed by atoms with Crippen molar-refractivity contribution >= 4 is 16.9 Å². The summed E-state index contributed by atoms with van der Waals surface area (Å²) >= 11 is 0. The summed E-state index contributed by atoms with van der Waals surface area (Å²) in [4.78, 5) is 8.77. The molecule has 1 aliphatic rings. The van der Waals surface area contributed by atoms with Crippen LogP contribution in [0.2, 0.25) is 0 Å². The Hall–Kier alpha value is -3.29. The fourth-order valence-electron chi connectivity index (χ4n) is 2.96. The topological polar surface area (TPSA) is 86.3 Å². The van der Waals surface area contributed by atoms with Crippen LogP contribution in [0, 0.1) is 0 Å². The van der Waals surface area contributed by atoms with Gasteiger partial charge in [0.1, 0.15) is 18.5 Å². The summed E-state index contributed by atoms with van der Waals surface area (Å²) in [5, 5.41) is 16.9. The van der Waals surface area contributed by atoms with E-state index in [1.54, 1.807) is 18.9 Å². The Morgan fingerprint density at radius 3 is 2.84 bits per heavy atom. The van der Waals surface area contributed by atoms with Crippen molar-refractivity contribution in [2.45, 2.75) is 25.4 Å². The minimum atomic E-state index is 0.554. The van der Waals surface area contributed by atoms with E-state index in [2.05, 4.69) is 35.1 Å². The van der Waals surface area contributed by atoms with Gasteiger partial charge >= 0.3 is 0 Å². The van der Waals surface area contributed by atoms with E-state index in [-0.39, 0.29) is 0 Å². The van der Waals surface area contributed by atoms with Crippen LogP contribution < -0.4 is 5.32 Å². The second-order valence-corrected chi connectivity index (χ2v) is 6.09. The fourth-order valence-corrected chi connectivity index (χ4v) is 2.96. The third kappa shape index (κ3) is 2.51. The quantitative estimate of drug-likeness (QED) is 0.604.